The first kappa shape index (κ1) is 19.5. The maximum Gasteiger partial charge on any atom is 0.222 e. The average Bonchev–Trinajstić information content (AvgIpc) is 2.47. The van der Waals surface area contributed by atoms with Crippen LogP contribution < -0.4 is 10.6 Å². The number of amides is 2. The fourth-order valence-corrected chi connectivity index (χ4v) is 2.47. The highest BCUT2D eigenvalue weighted by Crippen LogP contribution is 2.21. The Morgan fingerprint density at radius 1 is 1.30 bits per heavy atom. The summed E-state index contributed by atoms with van der Waals surface area (Å²) in [6, 6.07) is 6.63. The van der Waals surface area contributed by atoms with E-state index in [2.05, 4.69) is 10.6 Å². The molecule has 23 heavy (non-hydrogen) atoms. The SMILES string of the molecule is CCC(C)(CCO)NC(=O)CC(NC(C)=O)c1ccc(Cl)cc1. The molecule has 0 radical (unpaired) electrons. The Morgan fingerprint density at radius 3 is 2.39 bits per heavy atom. The van der Waals surface area contributed by atoms with Crippen LogP contribution in [0.15, 0.2) is 24.3 Å². The van der Waals surface area contributed by atoms with Crippen molar-refractivity contribution in [1.29, 1.82) is 0 Å². The first-order chi connectivity index (χ1) is 10.8. The molecule has 6 heteroatoms. The van der Waals surface area contributed by atoms with Crippen LogP contribution >= 0.6 is 11.6 Å². The van der Waals surface area contributed by atoms with Crippen molar-refractivity contribution in [2.24, 2.45) is 0 Å². The third kappa shape index (κ3) is 6.59. The van der Waals surface area contributed by atoms with Crippen LogP contribution in [-0.4, -0.2) is 29.1 Å². The van der Waals surface area contributed by atoms with Crippen molar-refractivity contribution >= 4 is 23.4 Å². The molecule has 0 saturated carbocycles. The molecule has 0 aliphatic heterocycles. The second-order valence-corrected chi connectivity index (χ2v) is 6.38. The molecule has 0 heterocycles. The zero-order valence-corrected chi connectivity index (χ0v) is 14.6. The monoisotopic (exact) mass is 340 g/mol. The van der Waals surface area contributed by atoms with Crippen LogP contribution in [0.5, 0.6) is 0 Å². The van der Waals surface area contributed by atoms with Gasteiger partial charge >= 0.3 is 0 Å². The second kappa shape index (κ2) is 8.89. The van der Waals surface area contributed by atoms with E-state index >= 15 is 0 Å². The summed E-state index contributed by atoms with van der Waals surface area (Å²) in [6.07, 6.45) is 1.33. The van der Waals surface area contributed by atoms with E-state index in [1.807, 2.05) is 13.8 Å². The smallest absolute Gasteiger partial charge is 0.222 e. The van der Waals surface area contributed by atoms with Gasteiger partial charge in [0.15, 0.2) is 0 Å². The van der Waals surface area contributed by atoms with Gasteiger partial charge in [-0.15, -0.1) is 0 Å². The van der Waals surface area contributed by atoms with Crippen LogP contribution in [0.2, 0.25) is 5.02 Å². The summed E-state index contributed by atoms with van der Waals surface area (Å²) in [5.74, 6) is -0.372. The van der Waals surface area contributed by atoms with Gasteiger partial charge in [0.2, 0.25) is 11.8 Å². The van der Waals surface area contributed by atoms with Gasteiger partial charge in [-0.3, -0.25) is 9.59 Å². The normalized spacial score (nSPS) is 14.7. The van der Waals surface area contributed by atoms with Crippen molar-refractivity contribution in [3.05, 3.63) is 34.9 Å². The van der Waals surface area contributed by atoms with Gasteiger partial charge in [0, 0.05) is 24.1 Å². The largest absolute Gasteiger partial charge is 0.396 e. The molecule has 3 N–H and O–H groups in total. The molecule has 2 unspecified atom stereocenters. The predicted octanol–water partition coefficient (Wildman–Crippen LogP) is 2.57. The van der Waals surface area contributed by atoms with Crippen molar-refractivity contribution < 1.29 is 14.7 Å². The molecular formula is C17H25ClN2O3. The van der Waals surface area contributed by atoms with Crippen LogP contribution in [0.25, 0.3) is 0 Å². The third-order valence-corrected chi connectivity index (χ3v) is 4.18. The van der Waals surface area contributed by atoms with Gasteiger partial charge in [-0.05, 0) is 37.5 Å². The van der Waals surface area contributed by atoms with E-state index in [0.717, 1.165) is 5.56 Å². The number of carbonyl (C=O) groups excluding carboxylic acids is 2. The van der Waals surface area contributed by atoms with Crippen LogP contribution in [0.3, 0.4) is 0 Å². The fourth-order valence-electron chi connectivity index (χ4n) is 2.34. The maximum atomic E-state index is 12.4. The Hall–Kier alpha value is -1.59. The number of halogens is 1. The lowest BCUT2D eigenvalue weighted by molar-refractivity contribution is -0.124. The number of rotatable bonds is 8. The molecule has 0 fully saturated rings. The molecular weight excluding hydrogens is 316 g/mol. The number of aliphatic hydroxyl groups is 1. The van der Waals surface area contributed by atoms with E-state index in [-0.39, 0.29) is 24.8 Å². The highest BCUT2D eigenvalue weighted by Gasteiger charge is 2.25. The van der Waals surface area contributed by atoms with Gasteiger partial charge in [-0.2, -0.15) is 0 Å². The van der Waals surface area contributed by atoms with Crippen molar-refractivity contribution in [2.75, 3.05) is 6.61 Å². The molecule has 0 spiro atoms. The first-order valence-electron chi connectivity index (χ1n) is 7.74. The zero-order chi connectivity index (χ0) is 17.5. The lowest BCUT2D eigenvalue weighted by atomic mass is 9.94. The summed E-state index contributed by atoms with van der Waals surface area (Å²) < 4.78 is 0. The van der Waals surface area contributed by atoms with Gasteiger partial charge in [0.05, 0.1) is 12.5 Å². The lowest BCUT2D eigenvalue weighted by Gasteiger charge is -2.30. The van der Waals surface area contributed by atoms with Gasteiger partial charge in [0.1, 0.15) is 0 Å². The van der Waals surface area contributed by atoms with Gasteiger partial charge < -0.3 is 15.7 Å². The van der Waals surface area contributed by atoms with Crippen molar-refractivity contribution in [2.45, 2.75) is 51.6 Å². The standard InChI is InChI=1S/C17H25ClN2O3/c1-4-17(3,9-10-21)20-16(23)11-15(19-12(2)22)13-5-7-14(18)8-6-13/h5-8,15,21H,4,9-11H2,1-3H3,(H,19,22)(H,20,23). The number of aliphatic hydroxyl groups excluding tert-OH is 1. The van der Waals surface area contributed by atoms with E-state index in [1.54, 1.807) is 24.3 Å². The number of benzene rings is 1. The van der Waals surface area contributed by atoms with Gasteiger partial charge in [-0.25, -0.2) is 0 Å². The minimum absolute atomic E-state index is 0.0108. The van der Waals surface area contributed by atoms with Crippen molar-refractivity contribution in [3.63, 3.8) is 0 Å². The Balaban J connectivity index is 2.82. The molecule has 2 atom stereocenters. The summed E-state index contributed by atoms with van der Waals surface area (Å²) in [7, 11) is 0. The van der Waals surface area contributed by atoms with Crippen molar-refractivity contribution in [1.82, 2.24) is 10.6 Å². The van der Waals surface area contributed by atoms with Crippen LogP contribution in [0.4, 0.5) is 0 Å². The van der Waals surface area contributed by atoms with Gasteiger partial charge in [-0.1, -0.05) is 30.7 Å². The summed E-state index contributed by atoms with van der Waals surface area (Å²) in [6.45, 7) is 5.29. The van der Waals surface area contributed by atoms with E-state index in [0.29, 0.717) is 17.9 Å². The van der Waals surface area contributed by atoms with Crippen LogP contribution in [0, 0.1) is 0 Å². The van der Waals surface area contributed by atoms with Crippen LogP contribution in [-0.2, 0) is 9.59 Å². The number of carbonyl (C=O) groups is 2. The zero-order valence-electron chi connectivity index (χ0n) is 13.9. The molecule has 1 aromatic carbocycles. The van der Waals surface area contributed by atoms with E-state index in [1.165, 1.54) is 6.92 Å². The maximum absolute atomic E-state index is 12.4. The minimum atomic E-state index is -0.452. The molecule has 0 aromatic heterocycles. The molecule has 1 rings (SSSR count). The molecule has 0 bridgehead atoms. The first-order valence-corrected chi connectivity index (χ1v) is 8.12. The second-order valence-electron chi connectivity index (χ2n) is 5.94. The summed E-state index contributed by atoms with van der Waals surface area (Å²) >= 11 is 5.88. The van der Waals surface area contributed by atoms with Gasteiger partial charge in [0.25, 0.3) is 0 Å². The molecule has 0 saturated heterocycles. The molecule has 2 amide bonds. The fraction of sp³-hybridized carbons (Fsp3) is 0.529. The molecule has 0 aliphatic carbocycles. The molecule has 0 aliphatic rings. The van der Waals surface area contributed by atoms with Crippen molar-refractivity contribution in [3.8, 4) is 0 Å². The summed E-state index contributed by atoms with van der Waals surface area (Å²) in [5, 5.41) is 15.5. The number of hydrogen-bond acceptors (Lipinski definition) is 3. The minimum Gasteiger partial charge on any atom is -0.396 e. The Kier molecular flexibility index (Phi) is 7.52. The predicted molar refractivity (Wildman–Crippen MR) is 91.2 cm³/mol. The molecule has 128 valence electrons. The van der Waals surface area contributed by atoms with Crippen LogP contribution in [0.1, 0.15) is 51.6 Å². The van der Waals surface area contributed by atoms with E-state index in [4.69, 9.17) is 16.7 Å². The average molecular weight is 341 g/mol. The Morgan fingerprint density at radius 2 is 1.91 bits per heavy atom. The summed E-state index contributed by atoms with van der Waals surface area (Å²) in [5.41, 5.74) is 0.368. The van der Waals surface area contributed by atoms with E-state index < -0.39 is 11.6 Å². The highest BCUT2D eigenvalue weighted by atomic mass is 35.5. The Bertz CT molecular complexity index is 533. The Labute approximate surface area is 142 Å². The number of hydrogen-bond donors (Lipinski definition) is 3. The topological polar surface area (TPSA) is 78.4 Å². The molecule has 5 nitrogen and oxygen atoms in total. The highest BCUT2D eigenvalue weighted by molar-refractivity contribution is 6.30. The van der Waals surface area contributed by atoms with E-state index in [9.17, 15) is 9.59 Å². The summed E-state index contributed by atoms with van der Waals surface area (Å²) in [4.78, 5) is 23.8. The quantitative estimate of drug-likeness (QED) is 0.680. The molecule has 1 aromatic rings. The lowest BCUT2D eigenvalue weighted by Crippen LogP contribution is -2.47. The number of nitrogens with one attached hydrogen (secondary N) is 2. The third-order valence-electron chi connectivity index (χ3n) is 3.92.